The SMILES string of the molecule is COc1cc(C(=O)NCc2ccc(N3CCCC3)nc2)ccc1OCC(=O)NC(C)C. The summed E-state index contributed by atoms with van der Waals surface area (Å²) in [6, 6.07) is 8.89. The van der Waals surface area contributed by atoms with Crippen molar-refractivity contribution >= 4 is 17.6 Å². The molecule has 0 saturated carbocycles. The van der Waals surface area contributed by atoms with Crippen LogP contribution in [0.15, 0.2) is 36.5 Å². The zero-order chi connectivity index (χ0) is 22.2. The molecule has 8 nitrogen and oxygen atoms in total. The number of amides is 2. The number of benzene rings is 1. The Morgan fingerprint density at radius 3 is 2.55 bits per heavy atom. The topological polar surface area (TPSA) is 92.8 Å². The lowest BCUT2D eigenvalue weighted by atomic mass is 10.2. The highest BCUT2D eigenvalue weighted by Gasteiger charge is 2.14. The van der Waals surface area contributed by atoms with E-state index in [4.69, 9.17) is 9.47 Å². The van der Waals surface area contributed by atoms with Gasteiger partial charge in [0.1, 0.15) is 5.82 Å². The first-order valence-corrected chi connectivity index (χ1v) is 10.5. The second-order valence-electron chi connectivity index (χ2n) is 7.78. The van der Waals surface area contributed by atoms with Crippen LogP contribution in [0.3, 0.4) is 0 Å². The van der Waals surface area contributed by atoms with Crippen LogP contribution in [0.4, 0.5) is 5.82 Å². The molecule has 166 valence electrons. The highest BCUT2D eigenvalue weighted by molar-refractivity contribution is 5.94. The van der Waals surface area contributed by atoms with E-state index in [0.717, 1.165) is 24.5 Å². The molecule has 1 aromatic heterocycles. The van der Waals surface area contributed by atoms with Crippen molar-refractivity contribution in [2.75, 3.05) is 31.7 Å². The number of rotatable bonds is 9. The summed E-state index contributed by atoms with van der Waals surface area (Å²) in [7, 11) is 1.49. The molecular formula is C23H30N4O4. The van der Waals surface area contributed by atoms with Gasteiger partial charge in [-0.25, -0.2) is 4.98 Å². The zero-order valence-corrected chi connectivity index (χ0v) is 18.3. The number of carbonyl (C=O) groups excluding carboxylic acids is 2. The van der Waals surface area contributed by atoms with E-state index in [1.807, 2.05) is 26.0 Å². The molecule has 1 saturated heterocycles. The molecule has 1 aliphatic heterocycles. The quantitative estimate of drug-likeness (QED) is 0.640. The third kappa shape index (κ3) is 6.34. The predicted octanol–water partition coefficient (Wildman–Crippen LogP) is 2.52. The molecule has 3 rings (SSSR count). The fourth-order valence-corrected chi connectivity index (χ4v) is 3.37. The minimum atomic E-state index is -0.231. The van der Waals surface area contributed by atoms with E-state index < -0.39 is 0 Å². The maximum Gasteiger partial charge on any atom is 0.258 e. The molecule has 8 heteroatoms. The van der Waals surface area contributed by atoms with Gasteiger partial charge < -0.3 is 25.0 Å². The van der Waals surface area contributed by atoms with Gasteiger partial charge in [0.2, 0.25) is 0 Å². The van der Waals surface area contributed by atoms with Crippen LogP contribution in [0, 0.1) is 0 Å². The molecule has 2 aromatic rings. The van der Waals surface area contributed by atoms with Crippen molar-refractivity contribution in [2.45, 2.75) is 39.3 Å². The van der Waals surface area contributed by atoms with E-state index in [0.29, 0.717) is 23.6 Å². The van der Waals surface area contributed by atoms with Crippen molar-refractivity contribution in [2.24, 2.45) is 0 Å². The Hall–Kier alpha value is -3.29. The van der Waals surface area contributed by atoms with Crippen molar-refractivity contribution < 1.29 is 19.1 Å². The fourth-order valence-electron chi connectivity index (χ4n) is 3.37. The molecule has 2 heterocycles. The summed E-state index contributed by atoms with van der Waals surface area (Å²) < 4.78 is 10.8. The highest BCUT2D eigenvalue weighted by Crippen LogP contribution is 2.28. The lowest BCUT2D eigenvalue weighted by molar-refractivity contribution is -0.123. The molecule has 1 aliphatic rings. The van der Waals surface area contributed by atoms with Crippen LogP contribution in [0.25, 0.3) is 0 Å². The summed E-state index contributed by atoms with van der Waals surface area (Å²) in [6.45, 7) is 6.11. The van der Waals surface area contributed by atoms with Gasteiger partial charge in [0.15, 0.2) is 18.1 Å². The van der Waals surface area contributed by atoms with E-state index >= 15 is 0 Å². The van der Waals surface area contributed by atoms with Crippen molar-refractivity contribution in [3.05, 3.63) is 47.7 Å². The number of pyridine rings is 1. The summed E-state index contributed by atoms with van der Waals surface area (Å²) in [5, 5.41) is 5.65. The van der Waals surface area contributed by atoms with Gasteiger partial charge in [-0.3, -0.25) is 9.59 Å². The van der Waals surface area contributed by atoms with E-state index in [1.54, 1.807) is 24.4 Å². The number of methoxy groups -OCH3 is 1. The molecule has 31 heavy (non-hydrogen) atoms. The van der Waals surface area contributed by atoms with Gasteiger partial charge in [-0.2, -0.15) is 0 Å². The lowest BCUT2D eigenvalue weighted by Gasteiger charge is -2.16. The van der Waals surface area contributed by atoms with Gasteiger partial charge in [0.25, 0.3) is 11.8 Å². The number of nitrogens with zero attached hydrogens (tertiary/aromatic N) is 2. The van der Waals surface area contributed by atoms with Crippen LogP contribution >= 0.6 is 0 Å². The Kier molecular flexibility index (Phi) is 7.70. The largest absolute Gasteiger partial charge is 0.493 e. The molecule has 1 aromatic carbocycles. The van der Waals surface area contributed by atoms with Crippen molar-refractivity contribution in [1.29, 1.82) is 0 Å². The van der Waals surface area contributed by atoms with Gasteiger partial charge in [0.05, 0.1) is 7.11 Å². The first kappa shape index (κ1) is 22.4. The summed E-state index contributed by atoms with van der Waals surface area (Å²) >= 11 is 0. The van der Waals surface area contributed by atoms with Crippen LogP contribution in [0.5, 0.6) is 11.5 Å². The number of hydrogen-bond donors (Lipinski definition) is 2. The van der Waals surface area contributed by atoms with Gasteiger partial charge >= 0.3 is 0 Å². The first-order valence-electron chi connectivity index (χ1n) is 10.5. The smallest absolute Gasteiger partial charge is 0.258 e. The summed E-state index contributed by atoms with van der Waals surface area (Å²) in [6.07, 6.45) is 4.21. The van der Waals surface area contributed by atoms with E-state index in [-0.39, 0.29) is 24.5 Å². The number of aromatic nitrogens is 1. The predicted molar refractivity (Wildman–Crippen MR) is 119 cm³/mol. The minimum Gasteiger partial charge on any atom is -0.493 e. The van der Waals surface area contributed by atoms with Crippen molar-refractivity contribution in [1.82, 2.24) is 15.6 Å². The molecule has 0 bridgehead atoms. The second-order valence-corrected chi connectivity index (χ2v) is 7.78. The number of ether oxygens (including phenoxy) is 2. The van der Waals surface area contributed by atoms with Gasteiger partial charge in [-0.15, -0.1) is 0 Å². The monoisotopic (exact) mass is 426 g/mol. The molecular weight excluding hydrogens is 396 g/mol. The molecule has 0 aliphatic carbocycles. The van der Waals surface area contributed by atoms with Gasteiger partial charge in [-0.1, -0.05) is 6.07 Å². The third-order valence-corrected chi connectivity index (χ3v) is 4.93. The van der Waals surface area contributed by atoms with Crippen molar-refractivity contribution in [3.63, 3.8) is 0 Å². The minimum absolute atomic E-state index is 0.0377. The lowest BCUT2D eigenvalue weighted by Crippen LogP contribution is -2.34. The molecule has 0 atom stereocenters. The van der Waals surface area contributed by atoms with E-state index in [9.17, 15) is 9.59 Å². The summed E-state index contributed by atoms with van der Waals surface area (Å²) in [5.74, 6) is 1.32. The standard InChI is InChI=1S/C23H30N4O4/c1-16(2)26-22(28)15-31-19-8-7-18(12-20(19)30-3)23(29)25-14-17-6-9-21(24-13-17)27-10-4-5-11-27/h6-9,12-13,16H,4-5,10-11,14-15H2,1-3H3,(H,25,29)(H,26,28). The number of carbonyl (C=O) groups is 2. The van der Waals surface area contributed by atoms with Gasteiger partial charge in [0, 0.05) is 37.4 Å². The molecule has 2 amide bonds. The molecule has 0 unspecified atom stereocenters. The zero-order valence-electron chi connectivity index (χ0n) is 18.3. The third-order valence-electron chi connectivity index (χ3n) is 4.93. The maximum atomic E-state index is 12.6. The van der Waals surface area contributed by atoms with Crippen LogP contribution in [-0.2, 0) is 11.3 Å². The van der Waals surface area contributed by atoms with Crippen LogP contribution < -0.4 is 25.0 Å². The molecule has 1 fully saturated rings. The van der Waals surface area contributed by atoms with E-state index in [2.05, 4.69) is 20.5 Å². The first-order chi connectivity index (χ1) is 15.0. The Morgan fingerprint density at radius 2 is 1.90 bits per heavy atom. The van der Waals surface area contributed by atoms with Crippen LogP contribution in [-0.4, -0.2) is 49.6 Å². The summed E-state index contributed by atoms with van der Waals surface area (Å²) in [5.41, 5.74) is 1.37. The molecule has 0 radical (unpaired) electrons. The van der Waals surface area contributed by atoms with E-state index in [1.165, 1.54) is 20.0 Å². The normalized spacial score (nSPS) is 13.2. The second kappa shape index (κ2) is 10.7. The molecule has 2 N–H and O–H groups in total. The Bertz CT molecular complexity index is 893. The van der Waals surface area contributed by atoms with Crippen LogP contribution in [0.1, 0.15) is 42.6 Å². The van der Waals surface area contributed by atoms with Gasteiger partial charge in [-0.05, 0) is 56.5 Å². The average Bonchev–Trinajstić information content (AvgIpc) is 3.30. The Morgan fingerprint density at radius 1 is 1.13 bits per heavy atom. The maximum absolute atomic E-state index is 12.6. The highest BCUT2D eigenvalue weighted by atomic mass is 16.5. The summed E-state index contributed by atoms with van der Waals surface area (Å²) in [4.78, 5) is 31.1. The number of nitrogens with one attached hydrogen (secondary N) is 2. The number of anilines is 1. The van der Waals surface area contributed by atoms with Crippen molar-refractivity contribution in [3.8, 4) is 11.5 Å². The number of hydrogen-bond acceptors (Lipinski definition) is 6. The average molecular weight is 427 g/mol. The Balaban J connectivity index is 1.55. The fraction of sp³-hybridized carbons (Fsp3) is 0.435. The Labute approximate surface area is 182 Å². The molecule has 0 spiro atoms. The van der Waals surface area contributed by atoms with Crippen LogP contribution in [0.2, 0.25) is 0 Å².